The predicted octanol–water partition coefficient (Wildman–Crippen LogP) is 1.26. The molecule has 1 heterocycles. The maximum Gasteiger partial charge on any atom is 0.229 e. The van der Waals surface area contributed by atoms with E-state index in [1.165, 1.54) is 0 Å². The molecule has 7 heteroatoms. The van der Waals surface area contributed by atoms with Gasteiger partial charge in [0.1, 0.15) is 6.10 Å². The van der Waals surface area contributed by atoms with Crippen LogP contribution in [0.1, 0.15) is 39.5 Å². The molecule has 1 aliphatic heterocycles. The van der Waals surface area contributed by atoms with Crippen LogP contribution < -0.4 is 0 Å². The Morgan fingerprint density at radius 2 is 1.90 bits per heavy atom. The van der Waals surface area contributed by atoms with Crippen LogP contribution in [0.2, 0.25) is 0 Å². The Kier molecular flexibility index (Phi) is 4.05. The van der Waals surface area contributed by atoms with E-state index in [-0.39, 0.29) is 53.8 Å². The third-order valence-corrected chi connectivity index (χ3v) is 11.0. The predicted molar refractivity (Wildman–Crippen MR) is 110 cm³/mol. The number of piperidine rings is 1. The van der Waals surface area contributed by atoms with Gasteiger partial charge in [-0.05, 0) is 38.5 Å². The minimum absolute atomic E-state index is 0.00833. The Hall–Kier alpha value is -1.02. The van der Waals surface area contributed by atoms with Crippen LogP contribution in [0.25, 0.3) is 0 Å². The molecule has 0 unspecified atom stereocenters. The zero-order valence-corrected chi connectivity index (χ0v) is 19.2. The quantitative estimate of drug-likeness (QED) is 0.719. The van der Waals surface area contributed by atoms with E-state index >= 15 is 0 Å². The Morgan fingerprint density at radius 1 is 1.16 bits per heavy atom. The van der Waals surface area contributed by atoms with Gasteiger partial charge >= 0.3 is 0 Å². The Labute approximate surface area is 183 Å². The van der Waals surface area contributed by atoms with E-state index in [4.69, 9.17) is 14.2 Å². The van der Waals surface area contributed by atoms with Crippen LogP contribution in [-0.2, 0) is 23.8 Å². The first kappa shape index (κ1) is 20.6. The number of amides is 1. The summed E-state index contributed by atoms with van der Waals surface area (Å²) in [4.78, 5) is 30.2. The fourth-order valence-electron chi connectivity index (χ4n) is 10.5. The number of nitrogens with zero attached hydrogens (tertiary/aromatic N) is 1. The fraction of sp³-hybridized carbons (Fsp3) is 0.917. The molecule has 5 saturated carbocycles. The number of fused-ring (bicyclic) bond motifs is 1. The highest BCUT2D eigenvalue weighted by atomic mass is 16.5. The van der Waals surface area contributed by atoms with Gasteiger partial charge < -0.3 is 24.2 Å². The fourth-order valence-corrected chi connectivity index (χ4v) is 10.5. The summed E-state index contributed by atoms with van der Waals surface area (Å²) in [6.45, 7) is 4.57. The summed E-state index contributed by atoms with van der Waals surface area (Å²) in [7, 11) is 5.21. The Balaban J connectivity index is 1.70. The molecule has 7 nitrogen and oxygen atoms in total. The summed E-state index contributed by atoms with van der Waals surface area (Å²) < 4.78 is 18.2. The number of rotatable bonds is 4. The first-order valence-electron chi connectivity index (χ1n) is 11.9. The number of likely N-dealkylation sites (tertiary alicyclic amines) is 1. The SMILES string of the molecule is CCN1C(=O)[C@]2(C)CC[C@H](OC)[C@@]34[C@@H]5C[C@H]6[C@H](OC)[C@@H]5[C@@](C[C@@H]6OC)(C(=O)[C@@H](O)[C@@H]32)[C@@H]14. The van der Waals surface area contributed by atoms with Crippen LogP contribution in [0.15, 0.2) is 0 Å². The number of ketones is 1. The van der Waals surface area contributed by atoms with Gasteiger partial charge in [0.05, 0.1) is 35.2 Å². The molecule has 5 aliphatic carbocycles. The van der Waals surface area contributed by atoms with Crippen molar-refractivity contribution in [3.05, 3.63) is 0 Å². The van der Waals surface area contributed by atoms with Crippen LogP contribution in [-0.4, -0.2) is 80.0 Å². The molecule has 0 aromatic rings. The lowest BCUT2D eigenvalue weighted by molar-refractivity contribution is -0.262. The number of Topliss-reactive ketones (excluding diaryl/α,β-unsaturated/α-hetero) is 1. The standard InChI is InChI=1S/C24H35NO6/c1-6-25-20-23-10-13(29-3)11-9-12(15(23)17(11)31-5)24(20)14(30-4)7-8-22(2,21(25)28)18(24)16(26)19(23)27/h11-18,20,26H,6-10H2,1-5H3/t11-,12-,13+,14+,15-,16+,17+,18-,20-,22-,23+,24+/m1/s1. The molecule has 6 fully saturated rings. The van der Waals surface area contributed by atoms with E-state index in [2.05, 4.69) is 0 Å². The molecule has 7 bridgehead atoms. The highest BCUT2D eigenvalue weighted by Gasteiger charge is 2.89. The number of aliphatic hydroxyl groups is 1. The van der Waals surface area contributed by atoms with Crippen LogP contribution >= 0.6 is 0 Å². The Morgan fingerprint density at radius 3 is 2.52 bits per heavy atom. The van der Waals surface area contributed by atoms with Gasteiger partial charge in [0.25, 0.3) is 0 Å². The summed E-state index contributed by atoms with van der Waals surface area (Å²) in [6.07, 6.45) is 1.47. The van der Waals surface area contributed by atoms with Gasteiger partial charge in [-0.2, -0.15) is 0 Å². The molecule has 0 aromatic carbocycles. The van der Waals surface area contributed by atoms with Gasteiger partial charge in [-0.15, -0.1) is 0 Å². The van der Waals surface area contributed by atoms with Crippen molar-refractivity contribution in [1.29, 1.82) is 0 Å². The number of carbonyl (C=O) groups excluding carboxylic acids is 2. The normalized spacial score (nSPS) is 58.8. The molecule has 172 valence electrons. The molecule has 12 atom stereocenters. The van der Waals surface area contributed by atoms with Crippen molar-refractivity contribution < 1.29 is 28.9 Å². The molecule has 2 spiro atoms. The maximum atomic E-state index is 14.2. The highest BCUT2D eigenvalue weighted by Crippen LogP contribution is 2.81. The van der Waals surface area contributed by atoms with Crippen molar-refractivity contribution in [3.8, 4) is 0 Å². The van der Waals surface area contributed by atoms with Gasteiger partial charge in [0, 0.05) is 51.0 Å². The third-order valence-electron chi connectivity index (χ3n) is 11.0. The lowest BCUT2D eigenvalue weighted by Gasteiger charge is -2.70. The summed E-state index contributed by atoms with van der Waals surface area (Å²) >= 11 is 0. The second-order valence-corrected chi connectivity index (χ2v) is 11.2. The molecular weight excluding hydrogens is 398 g/mol. The number of carbonyl (C=O) groups is 2. The molecule has 31 heavy (non-hydrogen) atoms. The van der Waals surface area contributed by atoms with E-state index in [0.29, 0.717) is 19.4 Å². The molecule has 6 rings (SSSR count). The van der Waals surface area contributed by atoms with Crippen LogP contribution in [0, 0.1) is 39.9 Å². The Bertz CT molecular complexity index is 848. The van der Waals surface area contributed by atoms with Gasteiger partial charge in [-0.3, -0.25) is 9.59 Å². The van der Waals surface area contributed by atoms with Crippen LogP contribution in [0.5, 0.6) is 0 Å². The van der Waals surface area contributed by atoms with Crippen molar-refractivity contribution in [3.63, 3.8) is 0 Å². The zero-order chi connectivity index (χ0) is 22.1. The van der Waals surface area contributed by atoms with Gasteiger partial charge in [0.15, 0.2) is 5.78 Å². The average Bonchev–Trinajstić information content (AvgIpc) is 3.18. The number of ether oxygens (including phenoxy) is 3. The number of hydrogen-bond donors (Lipinski definition) is 1. The average molecular weight is 434 g/mol. The van der Waals surface area contributed by atoms with E-state index < -0.39 is 28.3 Å². The first-order valence-corrected chi connectivity index (χ1v) is 11.9. The van der Waals surface area contributed by atoms with Crippen molar-refractivity contribution in [1.82, 2.24) is 4.90 Å². The third kappa shape index (κ3) is 1.81. The molecule has 1 amide bonds. The van der Waals surface area contributed by atoms with E-state index in [0.717, 1.165) is 12.8 Å². The van der Waals surface area contributed by atoms with Crippen LogP contribution in [0.4, 0.5) is 0 Å². The molecule has 1 N–H and O–H groups in total. The van der Waals surface area contributed by atoms with Crippen LogP contribution in [0.3, 0.4) is 0 Å². The molecular formula is C24H35NO6. The second kappa shape index (κ2) is 6.10. The first-order chi connectivity index (χ1) is 14.8. The molecule has 0 aromatic heterocycles. The van der Waals surface area contributed by atoms with Crippen molar-refractivity contribution in [2.75, 3.05) is 27.9 Å². The largest absolute Gasteiger partial charge is 0.385 e. The minimum Gasteiger partial charge on any atom is -0.385 e. The van der Waals surface area contributed by atoms with Crippen molar-refractivity contribution in [2.24, 2.45) is 39.9 Å². The smallest absolute Gasteiger partial charge is 0.229 e. The number of hydrogen-bond acceptors (Lipinski definition) is 6. The van der Waals surface area contributed by atoms with Gasteiger partial charge in [0.2, 0.25) is 5.91 Å². The second-order valence-electron chi connectivity index (χ2n) is 11.2. The number of aliphatic hydroxyl groups excluding tert-OH is 1. The molecule has 6 aliphatic rings. The number of methoxy groups -OCH3 is 3. The summed E-state index contributed by atoms with van der Waals surface area (Å²) in [5.74, 6) is 0.0204. The van der Waals surface area contributed by atoms with Gasteiger partial charge in [-0.25, -0.2) is 0 Å². The molecule has 0 radical (unpaired) electrons. The van der Waals surface area contributed by atoms with E-state index in [1.54, 1.807) is 21.3 Å². The van der Waals surface area contributed by atoms with Crippen molar-refractivity contribution >= 4 is 11.7 Å². The lowest BCUT2D eigenvalue weighted by atomic mass is 9.39. The zero-order valence-electron chi connectivity index (χ0n) is 19.2. The summed E-state index contributed by atoms with van der Waals surface area (Å²) in [5.41, 5.74) is -2.00. The van der Waals surface area contributed by atoms with Crippen molar-refractivity contribution in [2.45, 2.75) is 70.0 Å². The lowest BCUT2D eigenvalue weighted by Crippen LogP contribution is -2.81. The van der Waals surface area contributed by atoms with E-state index in [1.807, 2.05) is 18.7 Å². The summed E-state index contributed by atoms with van der Waals surface area (Å²) in [6, 6.07) is -0.261. The maximum absolute atomic E-state index is 14.2. The minimum atomic E-state index is -1.14. The van der Waals surface area contributed by atoms with E-state index in [9.17, 15) is 14.7 Å². The monoisotopic (exact) mass is 433 g/mol. The molecule has 1 saturated heterocycles. The van der Waals surface area contributed by atoms with Gasteiger partial charge in [-0.1, -0.05) is 6.92 Å². The highest BCUT2D eigenvalue weighted by molar-refractivity contribution is 5.98. The summed E-state index contributed by atoms with van der Waals surface area (Å²) in [5, 5.41) is 11.7. The topological polar surface area (TPSA) is 85.3 Å².